The van der Waals surface area contributed by atoms with E-state index >= 15 is 0 Å². The molecule has 122 valence electrons. The van der Waals surface area contributed by atoms with Gasteiger partial charge in [-0.25, -0.2) is 4.39 Å². The van der Waals surface area contributed by atoms with Crippen LogP contribution in [0.1, 0.15) is 37.7 Å². The summed E-state index contributed by atoms with van der Waals surface area (Å²) in [6.45, 7) is 1.45. The number of allylic oxidation sites excluding steroid dienone is 1. The molecule has 1 aromatic rings. The lowest BCUT2D eigenvalue weighted by Crippen LogP contribution is -2.37. The van der Waals surface area contributed by atoms with Crippen LogP contribution in [0.15, 0.2) is 40.9 Å². The van der Waals surface area contributed by atoms with E-state index in [2.05, 4.69) is 21.7 Å². The van der Waals surface area contributed by atoms with Gasteiger partial charge in [-0.1, -0.05) is 23.8 Å². The lowest BCUT2D eigenvalue weighted by molar-refractivity contribution is 0.624. The molecule has 1 aliphatic carbocycles. The number of rotatable bonds is 5. The van der Waals surface area contributed by atoms with Gasteiger partial charge in [0.05, 0.1) is 0 Å². The molecular weight excluding hydrogens is 392 g/mol. The zero-order valence-electron chi connectivity index (χ0n) is 13.1. The van der Waals surface area contributed by atoms with Crippen molar-refractivity contribution < 1.29 is 4.39 Å². The minimum Gasteiger partial charge on any atom is -0.356 e. The molecule has 0 bridgehead atoms. The number of aliphatic imine (C=N–C) groups is 1. The number of benzene rings is 1. The second-order valence-corrected chi connectivity index (χ2v) is 5.34. The molecule has 0 spiro atoms. The van der Waals surface area contributed by atoms with Crippen LogP contribution in [-0.4, -0.2) is 19.6 Å². The highest BCUT2D eigenvalue weighted by Gasteiger charge is 2.04. The number of guanidine groups is 1. The van der Waals surface area contributed by atoms with Crippen LogP contribution in [0.3, 0.4) is 0 Å². The fourth-order valence-corrected chi connectivity index (χ4v) is 2.53. The van der Waals surface area contributed by atoms with Crippen LogP contribution in [0.2, 0.25) is 0 Å². The van der Waals surface area contributed by atoms with Crippen LogP contribution in [0.25, 0.3) is 0 Å². The summed E-state index contributed by atoms with van der Waals surface area (Å²) in [5, 5.41) is 6.51. The van der Waals surface area contributed by atoms with E-state index < -0.39 is 0 Å². The van der Waals surface area contributed by atoms with Crippen LogP contribution in [0, 0.1) is 5.82 Å². The Morgan fingerprint density at radius 1 is 1.27 bits per heavy atom. The molecule has 22 heavy (non-hydrogen) atoms. The molecule has 1 aromatic carbocycles. The molecule has 0 saturated heterocycles. The van der Waals surface area contributed by atoms with Gasteiger partial charge in [0, 0.05) is 20.1 Å². The molecule has 3 nitrogen and oxygen atoms in total. The van der Waals surface area contributed by atoms with Gasteiger partial charge in [-0.3, -0.25) is 4.99 Å². The van der Waals surface area contributed by atoms with Crippen LogP contribution in [-0.2, 0) is 6.54 Å². The minimum atomic E-state index is -0.207. The standard InChI is InChI=1S/C17H24FN3.HI/c1-19-17(20-11-10-14-6-3-2-4-7-14)21-13-15-8-5-9-16(18)12-15;/h5-6,8-9,12H,2-4,7,10-11,13H2,1H3,(H2,19,20,21);1H. The molecule has 0 fully saturated rings. The van der Waals surface area contributed by atoms with Gasteiger partial charge < -0.3 is 10.6 Å². The van der Waals surface area contributed by atoms with Crippen LogP contribution < -0.4 is 10.6 Å². The second-order valence-electron chi connectivity index (χ2n) is 5.34. The van der Waals surface area contributed by atoms with Crippen molar-refractivity contribution in [2.24, 2.45) is 4.99 Å². The highest BCUT2D eigenvalue weighted by Crippen LogP contribution is 2.19. The Bertz CT molecular complexity index is 514. The van der Waals surface area contributed by atoms with Gasteiger partial charge in [0.15, 0.2) is 5.96 Å². The summed E-state index contributed by atoms with van der Waals surface area (Å²) in [4.78, 5) is 4.19. The van der Waals surface area contributed by atoms with Crippen LogP contribution >= 0.6 is 24.0 Å². The summed E-state index contributed by atoms with van der Waals surface area (Å²) in [5.74, 6) is 0.553. The molecular formula is C17H25FIN3. The number of nitrogens with zero attached hydrogens (tertiary/aromatic N) is 1. The summed E-state index contributed by atoms with van der Waals surface area (Å²) in [6.07, 6.45) is 8.54. The van der Waals surface area contributed by atoms with Gasteiger partial charge >= 0.3 is 0 Å². The molecule has 0 atom stereocenters. The summed E-state index contributed by atoms with van der Waals surface area (Å²) >= 11 is 0. The summed E-state index contributed by atoms with van der Waals surface area (Å²) in [7, 11) is 1.75. The zero-order valence-corrected chi connectivity index (χ0v) is 15.4. The Morgan fingerprint density at radius 2 is 2.14 bits per heavy atom. The maximum atomic E-state index is 13.1. The zero-order chi connectivity index (χ0) is 14.9. The molecule has 0 aromatic heterocycles. The predicted octanol–water partition coefficient (Wildman–Crippen LogP) is 4.00. The normalized spacial score (nSPS) is 14.8. The fourth-order valence-electron chi connectivity index (χ4n) is 2.53. The van der Waals surface area contributed by atoms with Crippen molar-refractivity contribution in [2.45, 2.75) is 38.6 Å². The number of hydrogen-bond acceptors (Lipinski definition) is 1. The maximum Gasteiger partial charge on any atom is 0.191 e. The Hall–Kier alpha value is -1.11. The van der Waals surface area contributed by atoms with Crippen molar-refractivity contribution in [3.8, 4) is 0 Å². The van der Waals surface area contributed by atoms with E-state index in [1.165, 1.54) is 37.8 Å². The van der Waals surface area contributed by atoms with E-state index in [-0.39, 0.29) is 29.8 Å². The van der Waals surface area contributed by atoms with Crippen molar-refractivity contribution in [1.29, 1.82) is 0 Å². The maximum absolute atomic E-state index is 13.1. The quantitative estimate of drug-likeness (QED) is 0.329. The molecule has 0 unspecified atom stereocenters. The molecule has 5 heteroatoms. The fraction of sp³-hybridized carbons (Fsp3) is 0.471. The molecule has 0 aliphatic heterocycles. The summed E-state index contributed by atoms with van der Waals surface area (Å²) < 4.78 is 13.1. The van der Waals surface area contributed by atoms with E-state index in [1.54, 1.807) is 18.7 Å². The molecule has 0 saturated carbocycles. The molecule has 0 amide bonds. The minimum absolute atomic E-state index is 0. The van der Waals surface area contributed by atoms with Gasteiger partial charge in [0.1, 0.15) is 5.82 Å². The van der Waals surface area contributed by atoms with E-state index in [1.807, 2.05) is 6.07 Å². The number of halogens is 2. The Morgan fingerprint density at radius 3 is 2.82 bits per heavy atom. The SMILES string of the molecule is CN=C(NCCC1=CCCCC1)NCc1cccc(F)c1.I. The number of nitrogens with one attached hydrogen (secondary N) is 2. The topological polar surface area (TPSA) is 36.4 Å². The molecule has 2 N–H and O–H groups in total. The Kier molecular flexibility index (Phi) is 9.11. The van der Waals surface area contributed by atoms with Crippen molar-refractivity contribution in [3.05, 3.63) is 47.3 Å². The first-order chi connectivity index (χ1) is 10.3. The van der Waals surface area contributed by atoms with E-state index in [0.717, 1.165) is 24.5 Å². The summed E-state index contributed by atoms with van der Waals surface area (Å²) in [6, 6.07) is 6.61. The van der Waals surface area contributed by atoms with Crippen molar-refractivity contribution in [2.75, 3.05) is 13.6 Å². The first-order valence-electron chi connectivity index (χ1n) is 7.65. The third kappa shape index (κ3) is 6.77. The van der Waals surface area contributed by atoms with E-state index in [9.17, 15) is 4.39 Å². The third-order valence-corrected chi connectivity index (χ3v) is 3.70. The Balaban J connectivity index is 0.00000242. The highest BCUT2D eigenvalue weighted by molar-refractivity contribution is 14.0. The molecule has 1 aliphatic rings. The average molecular weight is 417 g/mol. The van der Waals surface area contributed by atoms with Crippen LogP contribution in [0.5, 0.6) is 0 Å². The van der Waals surface area contributed by atoms with Crippen LogP contribution in [0.4, 0.5) is 4.39 Å². The highest BCUT2D eigenvalue weighted by atomic mass is 127. The monoisotopic (exact) mass is 417 g/mol. The van der Waals surface area contributed by atoms with Gasteiger partial charge in [0.2, 0.25) is 0 Å². The predicted molar refractivity (Wildman–Crippen MR) is 101 cm³/mol. The van der Waals surface area contributed by atoms with E-state index in [0.29, 0.717) is 6.54 Å². The first kappa shape index (κ1) is 18.9. The van der Waals surface area contributed by atoms with Crippen molar-refractivity contribution >= 4 is 29.9 Å². The number of hydrogen-bond donors (Lipinski definition) is 2. The summed E-state index contributed by atoms with van der Waals surface area (Å²) in [5.41, 5.74) is 2.46. The molecule has 0 radical (unpaired) electrons. The van der Waals surface area contributed by atoms with Gasteiger partial charge in [-0.2, -0.15) is 0 Å². The molecule has 2 rings (SSSR count). The Labute approximate surface area is 149 Å². The van der Waals surface area contributed by atoms with Crippen molar-refractivity contribution in [1.82, 2.24) is 10.6 Å². The smallest absolute Gasteiger partial charge is 0.191 e. The van der Waals surface area contributed by atoms with Gasteiger partial charge in [-0.15, -0.1) is 24.0 Å². The lowest BCUT2D eigenvalue weighted by Gasteiger charge is -2.15. The van der Waals surface area contributed by atoms with E-state index in [4.69, 9.17) is 0 Å². The largest absolute Gasteiger partial charge is 0.356 e. The van der Waals surface area contributed by atoms with Gasteiger partial charge in [0.25, 0.3) is 0 Å². The lowest BCUT2D eigenvalue weighted by atomic mass is 9.97. The first-order valence-corrected chi connectivity index (χ1v) is 7.65. The average Bonchev–Trinajstić information content (AvgIpc) is 2.52. The second kappa shape index (κ2) is 10.6. The van der Waals surface area contributed by atoms with Gasteiger partial charge in [-0.05, 0) is 49.8 Å². The van der Waals surface area contributed by atoms with Crippen molar-refractivity contribution in [3.63, 3.8) is 0 Å². The third-order valence-electron chi connectivity index (χ3n) is 3.70. The molecule has 0 heterocycles.